The molecule has 1 unspecified atom stereocenters. The lowest BCUT2D eigenvalue weighted by molar-refractivity contribution is 0.408. The van der Waals surface area contributed by atoms with Gasteiger partial charge < -0.3 is 19.9 Å². The Morgan fingerprint density at radius 1 is 1.10 bits per heavy atom. The summed E-state index contributed by atoms with van der Waals surface area (Å²) in [6, 6.07) is 12.6. The van der Waals surface area contributed by atoms with Crippen LogP contribution in [-0.4, -0.2) is 48.7 Å². The van der Waals surface area contributed by atoms with Gasteiger partial charge in [0.2, 0.25) is 5.95 Å². The molecule has 0 saturated carbocycles. The normalized spacial score (nSPS) is 18.0. The first-order valence-corrected chi connectivity index (χ1v) is 10.9. The molecule has 31 heavy (non-hydrogen) atoms. The van der Waals surface area contributed by atoms with Crippen LogP contribution in [0.5, 0.6) is 5.75 Å². The molecule has 3 aromatic rings. The Balaban J connectivity index is 1.36. The number of nitrogens with zero attached hydrogens (tertiary/aromatic N) is 4. The maximum Gasteiger partial charge on any atom is 0.227 e. The number of fused-ring (bicyclic) bond motifs is 2. The number of ether oxygens (including phenoxy) is 1. The van der Waals surface area contributed by atoms with Crippen molar-refractivity contribution in [3.63, 3.8) is 0 Å². The van der Waals surface area contributed by atoms with Gasteiger partial charge in [0.15, 0.2) is 0 Å². The fourth-order valence-corrected chi connectivity index (χ4v) is 4.78. The molecule has 0 amide bonds. The molecule has 1 atom stereocenters. The van der Waals surface area contributed by atoms with Gasteiger partial charge in [-0.05, 0) is 47.9 Å². The Labute approximate surface area is 183 Å². The van der Waals surface area contributed by atoms with Crippen molar-refractivity contribution in [2.45, 2.75) is 19.8 Å². The Morgan fingerprint density at radius 2 is 1.90 bits per heavy atom. The molecule has 3 heterocycles. The first kappa shape index (κ1) is 19.7. The minimum Gasteiger partial charge on any atom is -0.496 e. The van der Waals surface area contributed by atoms with Gasteiger partial charge >= 0.3 is 0 Å². The van der Waals surface area contributed by atoms with Crippen molar-refractivity contribution in [3.8, 4) is 5.75 Å². The third-order valence-electron chi connectivity index (χ3n) is 6.27. The summed E-state index contributed by atoms with van der Waals surface area (Å²) in [5.74, 6) is 2.43. The summed E-state index contributed by atoms with van der Waals surface area (Å²) >= 11 is 0. The monoisotopic (exact) mass is 415 g/mol. The summed E-state index contributed by atoms with van der Waals surface area (Å²) in [6.07, 6.45) is 4.18. The second kappa shape index (κ2) is 7.76. The highest BCUT2D eigenvalue weighted by atomic mass is 16.5. The second-order valence-electron chi connectivity index (χ2n) is 8.86. The minimum atomic E-state index is 0.301. The first-order chi connectivity index (χ1) is 15.0. The van der Waals surface area contributed by atoms with Crippen molar-refractivity contribution in [3.05, 3.63) is 59.9 Å². The number of methoxy groups -OCH3 is 1. The summed E-state index contributed by atoms with van der Waals surface area (Å²) in [7, 11) is 3.86. The molecule has 2 aliphatic rings. The van der Waals surface area contributed by atoms with Crippen molar-refractivity contribution in [1.29, 1.82) is 0 Å². The fraction of sp³-hybridized carbons (Fsp3) is 0.360. The highest BCUT2D eigenvalue weighted by Crippen LogP contribution is 2.34. The van der Waals surface area contributed by atoms with Gasteiger partial charge in [-0.2, -0.15) is 0 Å². The van der Waals surface area contributed by atoms with E-state index in [0.29, 0.717) is 17.8 Å². The highest BCUT2D eigenvalue weighted by Gasteiger charge is 2.32. The Bertz CT molecular complexity index is 1140. The zero-order valence-corrected chi connectivity index (χ0v) is 18.6. The zero-order valence-electron chi connectivity index (χ0n) is 18.6. The van der Waals surface area contributed by atoms with E-state index >= 15 is 0 Å². The van der Waals surface area contributed by atoms with Crippen LogP contribution in [0.15, 0.2) is 54.4 Å². The van der Waals surface area contributed by atoms with E-state index in [2.05, 4.69) is 71.5 Å². The molecule has 1 fully saturated rings. The minimum absolute atomic E-state index is 0.301. The van der Waals surface area contributed by atoms with Crippen molar-refractivity contribution in [1.82, 2.24) is 14.9 Å². The van der Waals surface area contributed by atoms with Crippen LogP contribution < -0.4 is 15.0 Å². The van der Waals surface area contributed by atoms with E-state index in [1.807, 2.05) is 18.3 Å². The third-order valence-corrected chi connectivity index (χ3v) is 6.27. The molecule has 1 aromatic heterocycles. The van der Waals surface area contributed by atoms with Crippen molar-refractivity contribution in [2.75, 3.05) is 44.0 Å². The number of benzene rings is 2. The van der Waals surface area contributed by atoms with E-state index in [9.17, 15) is 0 Å². The molecule has 1 saturated heterocycles. The lowest BCUT2D eigenvalue weighted by Crippen LogP contribution is -2.23. The van der Waals surface area contributed by atoms with E-state index in [0.717, 1.165) is 47.5 Å². The molecule has 1 N–H and O–H groups in total. The van der Waals surface area contributed by atoms with Crippen molar-refractivity contribution >= 4 is 28.2 Å². The number of anilines is 3. The predicted octanol–water partition coefficient (Wildman–Crippen LogP) is 4.77. The zero-order chi connectivity index (χ0) is 21.5. The summed E-state index contributed by atoms with van der Waals surface area (Å²) in [6.45, 7) is 7.57. The van der Waals surface area contributed by atoms with Crippen LogP contribution in [0.2, 0.25) is 0 Å². The van der Waals surface area contributed by atoms with Gasteiger partial charge in [0, 0.05) is 67.3 Å². The number of rotatable bonds is 5. The topological polar surface area (TPSA) is 53.5 Å². The van der Waals surface area contributed by atoms with Crippen LogP contribution in [0.4, 0.5) is 17.3 Å². The largest absolute Gasteiger partial charge is 0.496 e. The standard InChI is InChI=1S/C25H29N5O/c1-16(2)23-22(31-4)10-5-17-11-26-25(28-24(17)23)27-20-6-8-21(9-7-20)30-14-18-12-29(3)13-19(18)15-30/h5-12,16,19H,13-15H2,1-4H3,(H,26,27,28). The van der Waals surface area contributed by atoms with Crippen LogP contribution in [0.25, 0.3) is 10.9 Å². The molecule has 0 aliphatic carbocycles. The third kappa shape index (κ3) is 3.67. The summed E-state index contributed by atoms with van der Waals surface area (Å²) in [4.78, 5) is 14.1. The van der Waals surface area contributed by atoms with E-state index in [1.165, 1.54) is 5.69 Å². The quantitative estimate of drug-likeness (QED) is 0.648. The van der Waals surface area contributed by atoms with Crippen molar-refractivity contribution in [2.24, 2.45) is 5.92 Å². The second-order valence-corrected chi connectivity index (χ2v) is 8.86. The predicted molar refractivity (Wildman–Crippen MR) is 126 cm³/mol. The van der Waals surface area contributed by atoms with Gasteiger partial charge in [-0.15, -0.1) is 0 Å². The molecule has 6 nitrogen and oxygen atoms in total. The Morgan fingerprint density at radius 3 is 2.61 bits per heavy atom. The molecule has 0 radical (unpaired) electrons. The van der Waals surface area contributed by atoms with Gasteiger partial charge in [0.25, 0.3) is 0 Å². The van der Waals surface area contributed by atoms with Gasteiger partial charge in [-0.25, -0.2) is 9.97 Å². The van der Waals surface area contributed by atoms with Crippen LogP contribution in [0.3, 0.4) is 0 Å². The van der Waals surface area contributed by atoms with Crippen molar-refractivity contribution < 1.29 is 4.74 Å². The number of aromatic nitrogens is 2. The first-order valence-electron chi connectivity index (χ1n) is 10.9. The maximum atomic E-state index is 5.58. The lowest BCUT2D eigenvalue weighted by Gasteiger charge is -2.20. The average molecular weight is 416 g/mol. The van der Waals surface area contributed by atoms with E-state index in [4.69, 9.17) is 9.72 Å². The van der Waals surface area contributed by atoms with E-state index < -0.39 is 0 Å². The molecule has 160 valence electrons. The van der Waals surface area contributed by atoms with Crippen LogP contribution in [0, 0.1) is 5.92 Å². The van der Waals surface area contributed by atoms with E-state index in [-0.39, 0.29) is 0 Å². The fourth-order valence-electron chi connectivity index (χ4n) is 4.78. The number of hydrogen-bond acceptors (Lipinski definition) is 6. The molecule has 6 heteroatoms. The number of hydrogen-bond donors (Lipinski definition) is 1. The van der Waals surface area contributed by atoms with Gasteiger partial charge in [-0.3, -0.25) is 0 Å². The molecule has 0 spiro atoms. The summed E-state index contributed by atoms with van der Waals surface area (Å²) < 4.78 is 5.58. The Kier molecular flexibility index (Phi) is 4.93. The van der Waals surface area contributed by atoms with Crippen LogP contribution in [-0.2, 0) is 0 Å². The van der Waals surface area contributed by atoms with Gasteiger partial charge in [-0.1, -0.05) is 13.8 Å². The summed E-state index contributed by atoms with van der Waals surface area (Å²) in [5, 5.41) is 4.38. The molecule has 0 bridgehead atoms. The maximum absolute atomic E-state index is 5.58. The lowest BCUT2D eigenvalue weighted by atomic mass is 9.99. The van der Waals surface area contributed by atoms with Gasteiger partial charge in [0.1, 0.15) is 5.75 Å². The molecule has 2 aliphatic heterocycles. The highest BCUT2D eigenvalue weighted by molar-refractivity contribution is 5.85. The van der Waals surface area contributed by atoms with E-state index in [1.54, 1.807) is 12.7 Å². The number of nitrogens with one attached hydrogen (secondary N) is 1. The smallest absolute Gasteiger partial charge is 0.227 e. The van der Waals surface area contributed by atoms with Gasteiger partial charge in [0.05, 0.1) is 12.6 Å². The summed E-state index contributed by atoms with van der Waals surface area (Å²) in [5.41, 5.74) is 5.83. The van der Waals surface area contributed by atoms with Crippen LogP contribution >= 0.6 is 0 Å². The van der Waals surface area contributed by atoms with Crippen LogP contribution in [0.1, 0.15) is 25.3 Å². The molecular formula is C25H29N5O. The molecule has 5 rings (SSSR count). The average Bonchev–Trinajstić information content (AvgIpc) is 3.30. The Hall–Kier alpha value is -3.28. The SMILES string of the molecule is COc1ccc2cnc(Nc3ccc(N4CC5=CN(C)CC5C4)cc3)nc2c1C(C)C. The molecular weight excluding hydrogens is 386 g/mol. The molecule has 2 aromatic carbocycles.